The number of nitrogens with one attached hydrogen (secondary N) is 1. The Kier molecular flexibility index (Phi) is 7.14. The Morgan fingerprint density at radius 3 is 2.21 bits per heavy atom. The minimum atomic E-state index is -3.90. The third-order valence-electron chi connectivity index (χ3n) is 6.18. The zero-order chi connectivity index (χ0) is 23.3. The predicted octanol–water partition coefficient (Wildman–Crippen LogP) is 5.03. The van der Waals surface area contributed by atoms with Gasteiger partial charge in [-0.1, -0.05) is 61.5 Å². The normalized spacial score (nSPS) is 14.2. The van der Waals surface area contributed by atoms with Gasteiger partial charge in [0.15, 0.2) is 0 Å². The first-order chi connectivity index (χ1) is 16.0. The van der Waals surface area contributed by atoms with Gasteiger partial charge in [0.2, 0.25) is 5.91 Å². The molecule has 0 radical (unpaired) electrons. The molecular weight excluding hydrogens is 432 g/mol. The fourth-order valence-corrected chi connectivity index (χ4v) is 5.83. The molecule has 0 aliphatic heterocycles. The number of amides is 1. The standard InChI is InChI=1S/C27H30N2O3S/c1-2-26(23-18-17-21-11-9-10-12-22(21)19-23)28-27(30)20-29(24-13-5-3-6-14-24)33(31,32)25-15-7-4-8-16-25/h3-8,13-19,26H,2,9-12,20H2,1H3,(H,28,30)/t26-/m1/s1. The van der Waals surface area contributed by atoms with Crippen molar-refractivity contribution in [2.24, 2.45) is 0 Å². The van der Waals surface area contributed by atoms with Gasteiger partial charge in [-0.05, 0) is 73.1 Å². The van der Waals surface area contributed by atoms with Crippen molar-refractivity contribution in [2.45, 2.75) is 50.0 Å². The van der Waals surface area contributed by atoms with Crippen LogP contribution in [0.1, 0.15) is 48.9 Å². The Morgan fingerprint density at radius 2 is 1.55 bits per heavy atom. The van der Waals surface area contributed by atoms with Crippen molar-refractivity contribution < 1.29 is 13.2 Å². The zero-order valence-corrected chi connectivity index (χ0v) is 19.7. The summed E-state index contributed by atoms with van der Waals surface area (Å²) >= 11 is 0. The first-order valence-electron chi connectivity index (χ1n) is 11.5. The summed E-state index contributed by atoms with van der Waals surface area (Å²) in [4.78, 5) is 13.3. The summed E-state index contributed by atoms with van der Waals surface area (Å²) in [6, 6.07) is 23.3. The quantitative estimate of drug-likeness (QED) is 0.511. The Morgan fingerprint density at radius 1 is 0.909 bits per heavy atom. The van der Waals surface area contributed by atoms with Gasteiger partial charge in [-0.15, -0.1) is 0 Å². The number of fused-ring (bicyclic) bond motifs is 1. The van der Waals surface area contributed by atoms with Gasteiger partial charge < -0.3 is 5.32 Å². The summed E-state index contributed by atoms with van der Waals surface area (Å²) in [7, 11) is -3.90. The maximum Gasteiger partial charge on any atom is 0.264 e. The molecule has 1 amide bonds. The molecule has 0 saturated heterocycles. The topological polar surface area (TPSA) is 66.5 Å². The molecule has 3 aromatic carbocycles. The van der Waals surface area contributed by atoms with Crippen LogP contribution in [0.2, 0.25) is 0 Å². The smallest absolute Gasteiger partial charge is 0.264 e. The fraction of sp³-hybridized carbons (Fsp3) is 0.296. The highest BCUT2D eigenvalue weighted by Gasteiger charge is 2.28. The van der Waals surface area contributed by atoms with Gasteiger partial charge in [-0.3, -0.25) is 9.10 Å². The minimum absolute atomic E-state index is 0.156. The van der Waals surface area contributed by atoms with Crippen molar-refractivity contribution in [1.82, 2.24) is 5.32 Å². The number of hydrogen-bond acceptors (Lipinski definition) is 3. The lowest BCUT2D eigenvalue weighted by molar-refractivity contribution is -0.120. The van der Waals surface area contributed by atoms with E-state index in [1.165, 1.54) is 28.3 Å². The van der Waals surface area contributed by atoms with Crippen LogP contribution in [0, 0.1) is 0 Å². The Balaban J connectivity index is 1.57. The van der Waals surface area contributed by atoms with Gasteiger partial charge in [-0.2, -0.15) is 0 Å². The summed E-state index contributed by atoms with van der Waals surface area (Å²) in [5, 5.41) is 3.07. The number of carbonyl (C=O) groups excluding carboxylic acids is 1. The third-order valence-corrected chi connectivity index (χ3v) is 7.97. The highest BCUT2D eigenvalue weighted by Crippen LogP contribution is 2.27. The third kappa shape index (κ3) is 5.28. The number of sulfonamides is 1. The van der Waals surface area contributed by atoms with Gasteiger partial charge >= 0.3 is 0 Å². The molecule has 0 fully saturated rings. The molecule has 5 nitrogen and oxygen atoms in total. The van der Waals surface area contributed by atoms with E-state index in [-0.39, 0.29) is 23.4 Å². The molecule has 172 valence electrons. The molecular formula is C27H30N2O3S. The summed E-state index contributed by atoms with van der Waals surface area (Å²) in [6.45, 7) is 1.74. The second-order valence-corrected chi connectivity index (χ2v) is 10.3. The molecule has 0 aromatic heterocycles. The van der Waals surface area contributed by atoms with Crippen LogP contribution in [0.3, 0.4) is 0 Å². The number of aryl methyl sites for hydroxylation is 2. The molecule has 4 rings (SSSR count). The zero-order valence-electron chi connectivity index (χ0n) is 18.9. The van der Waals surface area contributed by atoms with Gasteiger partial charge in [0, 0.05) is 0 Å². The molecule has 1 N–H and O–H groups in total. The average Bonchev–Trinajstić information content (AvgIpc) is 2.86. The lowest BCUT2D eigenvalue weighted by atomic mass is 9.89. The molecule has 0 spiro atoms. The van der Waals surface area contributed by atoms with E-state index in [1.807, 2.05) is 13.0 Å². The van der Waals surface area contributed by atoms with Gasteiger partial charge in [0.05, 0.1) is 16.6 Å². The van der Waals surface area contributed by atoms with Crippen molar-refractivity contribution >= 4 is 21.6 Å². The predicted molar refractivity (Wildman–Crippen MR) is 132 cm³/mol. The Labute approximate surface area is 196 Å². The van der Waals surface area contributed by atoms with Crippen LogP contribution in [-0.2, 0) is 27.7 Å². The van der Waals surface area contributed by atoms with Crippen LogP contribution in [0.25, 0.3) is 0 Å². The molecule has 1 aliphatic carbocycles. The maximum atomic E-state index is 13.4. The summed E-state index contributed by atoms with van der Waals surface area (Å²) in [5.74, 6) is -0.331. The van der Waals surface area contributed by atoms with Crippen LogP contribution < -0.4 is 9.62 Å². The van der Waals surface area contributed by atoms with Gasteiger partial charge in [0.25, 0.3) is 10.0 Å². The van der Waals surface area contributed by atoms with E-state index in [4.69, 9.17) is 0 Å². The Hall–Kier alpha value is -3.12. The number of para-hydroxylation sites is 1. The summed E-state index contributed by atoms with van der Waals surface area (Å²) < 4.78 is 28.0. The Bertz CT molecular complexity index is 1190. The van der Waals surface area contributed by atoms with E-state index in [2.05, 4.69) is 23.5 Å². The van der Waals surface area contributed by atoms with Crippen LogP contribution in [-0.4, -0.2) is 20.9 Å². The van der Waals surface area contributed by atoms with Crippen molar-refractivity contribution in [3.63, 3.8) is 0 Å². The van der Waals surface area contributed by atoms with Crippen LogP contribution in [0.5, 0.6) is 0 Å². The average molecular weight is 463 g/mol. The van der Waals surface area contributed by atoms with Crippen molar-refractivity contribution in [3.05, 3.63) is 95.6 Å². The maximum absolute atomic E-state index is 13.4. The largest absolute Gasteiger partial charge is 0.348 e. The van der Waals surface area contributed by atoms with E-state index in [9.17, 15) is 13.2 Å². The summed E-state index contributed by atoms with van der Waals surface area (Å²) in [5.41, 5.74) is 4.29. The van der Waals surface area contributed by atoms with E-state index in [0.717, 1.165) is 24.8 Å². The van der Waals surface area contributed by atoms with Crippen molar-refractivity contribution in [3.8, 4) is 0 Å². The monoisotopic (exact) mass is 462 g/mol. The number of benzene rings is 3. The number of carbonyl (C=O) groups is 1. The van der Waals surface area contributed by atoms with Crippen LogP contribution >= 0.6 is 0 Å². The van der Waals surface area contributed by atoms with Crippen LogP contribution in [0.15, 0.2) is 83.8 Å². The van der Waals surface area contributed by atoms with E-state index in [0.29, 0.717) is 5.69 Å². The number of hydrogen-bond donors (Lipinski definition) is 1. The highest BCUT2D eigenvalue weighted by atomic mass is 32.2. The molecule has 1 aliphatic rings. The van der Waals surface area contributed by atoms with E-state index in [1.54, 1.807) is 54.6 Å². The van der Waals surface area contributed by atoms with Crippen molar-refractivity contribution in [1.29, 1.82) is 0 Å². The second kappa shape index (κ2) is 10.2. The molecule has 0 heterocycles. The number of nitrogens with zero attached hydrogens (tertiary/aromatic N) is 1. The van der Waals surface area contributed by atoms with Crippen molar-refractivity contribution in [2.75, 3.05) is 10.8 Å². The first kappa shape index (κ1) is 23.1. The number of anilines is 1. The van der Waals surface area contributed by atoms with Crippen LogP contribution in [0.4, 0.5) is 5.69 Å². The highest BCUT2D eigenvalue weighted by molar-refractivity contribution is 7.92. The van der Waals surface area contributed by atoms with Gasteiger partial charge in [-0.25, -0.2) is 8.42 Å². The first-order valence-corrected chi connectivity index (χ1v) is 13.0. The molecule has 3 aromatic rings. The van der Waals surface area contributed by atoms with Gasteiger partial charge in [0.1, 0.15) is 6.54 Å². The molecule has 1 atom stereocenters. The minimum Gasteiger partial charge on any atom is -0.348 e. The second-order valence-electron chi connectivity index (χ2n) is 8.42. The van der Waals surface area contributed by atoms with E-state index < -0.39 is 10.0 Å². The lowest BCUT2D eigenvalue weighted by Crippen LogP contribution is -2.42. The molecule has 0 bridgehead atoms. The number of rotatable bonds is 8. The summed E-state index contributed by atoms with van der Waals surface area (Å²) in [6.07, 6.45) is 5.34. The molecule has 6 heteroatoms. The van der Waals surface area contributed by atoms with E-state index >= 15 is 0 Å². The SMILES string of the molecule is CC[C@@H](NC(=O)CN(c1ccccc1)S(=O)(=O)c1ccccc1)c1ccc2c(c1)CCCC2. The lowest BCUT2D eigenvalue weighted by Gasteiger charge is -2.26. The molecule has 0 unspecified atom stereocenters. The molecule has 33 heavy (non-hydrogen) atoms. The fourth-order valence-electron chi connectivity index (χ4n) is 4.39. The molecule has 0 saturated carbocycles.